The predicted octanol–water partition coefficient (Wildman–Crippen LogP) is 2.01. The van der Waals surface area contributed by atoms with Crippen molar-refractivity contribution < 1.29 is 14.7 Å². The maximum absolute atomic E-state index is 11.9. The van der Waals surface area contributed by atoms with Crippen molar-refractivity contribution in [2.75, 3.05) is 12.3 Å². The van der Waals surface area contributed by atoms with E-state index < -0.39 is 5.97 Å². The lowest BCUT2D eigenvalue weighted by molar-refractivity contribution is -0.144. The Bertz CT molecular complexity index is 446. The molecule has 7 heteroatoms. The van der Waals surface area contributed by atoms with E-state index >= 15 is 0 Å². The minimum Gasteiger partial charge on any atom is -0.480 e. The molecule has 0 aliphatic rings. The molecule has 0 saturated heterocycles. The molecule has 0 fully saturated rings. The van der Waals surface area contributed by atoms with Crippen LogP contribution in [0.1, 0.15) is 24.5 Å². The van der Waals surface area contributed by atoms with Crippen LogP contribution in [0, 0.1) is 6.92 Å². The Morgan fingerprint density at radius 3 is 2.68 bits per heavy atom. The van der Waals surface area contributed by atoms with Gasteiger partial charge in [-0.1, -0.05) is 0 Å². The number of thioether (sulfide) groups is 1. The first kappa shape index (κ1) is 16.0. The van der Waals surface area contributed by atoms with Crippen molar-refractivity contribution in [2.24, 2.45) is 0 Å². The van der Waals surface area contributed by atoms with Gasteiger partial charge in [-0.3, -0.25) is 9.59 Å². The van der Waals surface area contributed by atoms with Crippen molar-refractivity contribution in [3.63, 3.8) is 0 Å². The van der Waals surface area contributed by atoms with E-state index in [9.17, 15) is 9.59 Å². The fourth-order valence-electron chi connectivity index (χ4n) is 1.50. The van der Waals surface area contributed by atoms with Gasteiger partial charge in [0.15, 0.2) is 0 Å². The molecule has 1 N–H and O–H groups in total. The van der Waals surface area contributed by atoms with Gasteiger partial charge in [-0.05, 0) is 20.8 Å². The highest BCUT2D eigenvalue weighted by molar-refractivity contribution is 7.99. The third-order valence-electron chi connectivity index (χ3n) is 2.39. The molecule has 1 amide bonds. The molecular weight excluding hydrogens is 284 g/mol. The second-order valence-electron chi connectivity index (χ2n) is 4.36. The third kappa shape index (κ3) is 5.61. The lowest BCUT2D eigenvalue weighted by atomic mass is 10.3. The van der Waals surface area contributed by atoms with E-state index in [1.54, 1.807) is 11.3 Å². The number of thiazole rings is 1. The van der Waals surface area contributed by atoms with Gasteiger partial charge in [0.05, 0.1) is 16.5 Å². The van der Waals surface area contributed by atoms with Gasteiger partial charge in [0.1, 0.15) is 6.54 Å². The zero-order chi connectivity index (χ0) is 14.4. The molecule has 0 spiro atoms. The summed E-state index contributed by atoms with van der Waals surface area (Å²) in [4.78, 5) is 28.3. The Morgan fingerprint density at radius 2 is 2.21 bits per heavy atom. The van der Waals surface area contributed by atoms with Crippen LogP contribution in [0.2, 0.25) is 0 Å². The standard InChI is InChI=1S/C12H18N2O3S2/c1-8(2)14(4-12(16)17)11(15)7-18-5-10-6-19-9(3)13-10/h6,8H,4-5,7H2,1-3H3,(H,16,17). The summed E-state index contributed by atoms with van der Waals surface area (Å²) < 4.78 is 0. The minimum atomic E-state index is -0.984. The number of rotatable bonds is 7. The van der Waals surface area contributed by atoms with E-state index in [2.05, 4.69) is 4.98 Å². The Labute approximate surface area is 121 Å². The van der Waals surface area contributed by atoms with Crippen molar-refractivity contribution in [2.45, 2.75) is 32.6 Å². The van der Waals surface area contributed by atoms with Gasteiger partial charge in [-0.15, -0.1) is 23.1 Å². The minimum absolute atomic E-state index is 0.106. The zero-order valence-corrected chi connectivity index (χ0v) is 12.9. The molecular formula is C12H18N2O3S2. The molecule has 0 aromatic carbocycles. The van der Waals surface area contributed by atoms with Crippen molar-refractivity contribution in [3.8, 4) is 0 Å². The largest absolute Gasteiger partial charge is 0.480 e. The summed E-state index contributed by atoms with van der Waals surface area (Å²) in [7, 11) is 0. The number of hydrogen-bond donors (Lipinski definition) is 1. The molecule has 1 aromatic rings. The number of nitrogens with zero attached hydrogens (tertiary/aromatic N) is 2. The molecule has 0 bridgehead atoms. The van der Waals surface area contributed by atoms with E-state index in [0.29, 0.717) is 5.75 Å². The van der Waals surface area contributed by atoms with Crippen molar-refractivity contribution in [3.05, 3.63) is 16.1 Å². The molecule has 1 rings (SSSR count). The first-order valence-electron chi connectivity index (χ1n) is 5.90. The van der Waals surface area contributed by atoms with Gasteiger partial charge in [-0.25, -0.2) is 4.98 Å². The summed E-state index contributed by atoms with van der Waals surface area (Å²) >= 11 is 3.05. The van der Waals surface area contributed by atoms with E-state index in [1.807, 2.05) is 26.2 Å². The van der Waals surface area contributed by atoms with Gasteiger partial charge < -0.3 is 10.0 Å². The first-order chi connectivity index (χ1) is 8.90. The highest BCUT2D eigenvalue weighted by Crippen LogP contribution is 2.16. The number of aryl methyl sites for hydroxylation is 1. The normalized spacial score (nSPS) is 10.7. The van der Waals surface area contributed by atoms with Crippen LogP contribution >= 0.6 is 23.1 Å². The lowest BCUT2D eigenvalue weighted by Crippen LogP contribution is -2.41. The highest BCUT2D eigenvalue weighted by Gasteiger charge is 2.19. The first-order valence-corrected chi connectivity index (χ1v) is 7.93. The van der Waals surface area contributed by atoms with Crippen LogP contribution in [0.15, 0.2) is 5.38 Å². The maximum atomic E-state index is 11.9. The molecule has 5 nitrogen and oxygen atoms in total. The second kappa shape index (κ2) is 7.49. The smallest absolute Gasteiger partial charge is 0.323 e. The monoisotopic (exact) mass is 302 g/mol. The Balaban J connectivity index is 2.42. The van der Waals surface area contributed by atoms with Crippen LogP contribution in [-0.2, 0) is 15.3 Å². The SMILES string of the molecule is Cc1nc(CSCC(=O)N(CC(=O)O)C(C)C)cs1. The number of aromatic nitrogens is 1. The summed E-state index contributed by atoms with van der Waals surface area (Å²) in [5.41, 5.74) is 0.967. The van der Waals surface area contributed by atoms with Crippen LogP contribution in [0.4, 0.5) is 0 Å². The van der Waals surface area contributed by atoms with Crippen molar-refractivity contribution in [1.29, 1.82) is 0 Å². The highest BCUT2D eigenvalue weighted by atomic mass is 32.2. The molecule has 1 aromatic heterocycles. The molecule has 0 aliphatic carbocycles. The third-order valence-corrected chi connectivity index (χ3v) is 4.16. The number of aliphatic carboxylic acids is 1. The summed E-state index contributed by atoms with van der Waals surface area (Å²) in [6.45, 7) is 5.33. The number of carboxylic acids is 1. The van der Waals surface area contributed by atoms with Crippen molar-refractivity contribution in [1.82, 2.24) is 9.88 Å². The molecule has 0 saturated carbocycles. The Kier molecular flexibility index (Phi) is 6.30. The van der Waals surface area contributed by atoms with Crippen molar-refractivity contribution >= 4 is 35.0 Å². The summed E-state index contributed by atoms with van der Waals surface area (Å²) in [5.74, 6) is -0.173. The van der Waals surface area contributed by atoms with Gasteiger partial charge in [-0.2, -0.15) is 0 Å². The molecule has 0 atom stereocenters. The van der Waals surface area contributed by atoms with E-state index in [-0.39, 0.29) is 24.2 Å². The predicted molar refractivity (Wildman–Crippen MR) is 77.5 cm³/mol. The molecule has 0 aliphatic heterocycles. The number of carbonyl (C=O) groups is 2. The van der Waals surface area contributed by atoms with Gasteiger partial charge >= 0.3 is 5.97 Å². The number of carboxylic acid groups (broad SMARTS) is 1. The molecule has 106 valence electrons. The van der Waals surface area contributed by atoms with E-state index in [1.165, 1.54) is 16.7 Å². The topological polar surface area (TPSA) is 70.5 Å². The van der Waals surface area contributed by atoms with Crippen LogP contribution < -0.4 is 0 Å². The molecule has 0 unspecified atom stereocenters. The average molecular weight is 302 g/mol. The molecule has 1 heterocycles. The van der Waals surface area contributed by atoms with Crippen LogP contribution in [0.3, 0.4) is 0 Å². The van der Waals surface area contributed by atoms with Crippen LogP contribution in [0.5, 0.6) is 0 Å². The summed E-state index contributed by atoms with van der Waals surface area (Å²) in [6, 6.07) is -0.106. The van der Waals surface area contributed by atoms with Crippen LogP contribution in [0.25, 0.3) is 0 Å². The van der Waals surface area contributed by atoms with Crippen LogP contribution in [-0.4, -0.2) is 45.2 Å². The van der Waals surface area contributed by atoms with Gasteiger partial charge in [0.25, 0.3) is 0 Å². The summed E-state index contributed by atoms with van der Waals surface area (Å²) in [6.07, 6.45) is 0. The van der Waals surface area contributed by atoms with Gasteiger partial charge in [0, 0.05) is 17.2 Å². The Hall–Kier alpha value is -1.08. The molecule has 19 heavy (non-hydrogen) atoms. The molecule has 0 radical (unpaired) electrons. The maximum Gasteiger partial charge on any atom is 0.323 e. The second-order valence-corrected chi connectivity index (χ2v) is 6.41. The lowest BCUT2D eigenvalue weighted by Gasteiger charge is -2.24. The van der Waals surface area contributed by atoms with E-state index in [0.717, 1.165) is 10.7 Å². The van der Waals surface area contributed by atoms with E-state index in [4.69, 9.17) is 5.11 Å². The number of carbonyl (C=O) groups excluding carboxylic acids is 1. The zero-order valence-electron chi connectivity index (χ0n) is 11.3. The summed E-state index contributed by atoms with van der Waals surface area (Å²) in [5, 5.41) is 11.8. The fraction of sp³-hybridized carbons (Fsp3) is 0.583. The average Bonchev–Trinajstić information content (AvgIpc) is 2.71. The quantitative estimate of drug-likeness (QED) is 0.834. The fourth-order valence-corrected chi connectivity index (χ4v) is 3.02. The number of hydrogen-bond acceptors (Lipinski definition) is 5. The number of amides is 1. The van der Waals surface area contributed by atoms with Gasteiger partial charge in [0.2, 0.25) is 5.91 Å². The Morgan fingerprint density at radius 1 is 1.53 bits per heavy atom.